The lowest BCUT2D eigenvalue weighted by atomic mass is 10.3. The molecule has 5 rings (SSSR count). The third-order valence-electron chi connectivity index (χ3n) is 4.87. The number of piperazine rings is 1. The van der Waals surface area contributed by atoms with Crippen molar-refractivity contribution < 1.29 is 4.79 Å². The van der Waals surface area contributed by atoms with Gasteiger partial charge in [0.2, 0.25) is 0 Å². The van der Waals surface area contributed by atoms with Gasteiger partial charge in [-0.3, -0.25) is 4.79 Å². The monoisotopic (exact) mass is 424 g/mol. The number of hydrogen-bond acceptors (Lipinski definition) is 6. The zero-order chi connectivity index (χ0) is 19.8. The van der Waals surface area contributed by atoms with Crippen LogP contribution in [0.15, 0.2) is 54.9 Å². The molecule has 0 atom stereocenters. The molecular weight excluding hydrogens is 408 g/mol. The van der Waals surface area contributed by atoms with Gasteiger partial charge in [-0.15, -0.1) is 0 Å². The summed E-state index contributed by atoms with van der Waals surface area (Å²) in [5.74, 6) is -0.0589. The standard InChI is InChI=1S/C20H17ClN6OS/c21-14-3-1-4-15(13-14)27-8-6-17(24-27)19(28)25-9-11-26(12-10-25)20-23-16-5-2-7-22-18(16)29-20/h1-8,13H,9-12H2. The fourth-order valence-electron chi connectivity index (χ4n) is 3.36. The summed E-state index contributed by atoms with van der Waals surface area (Å²) in [6.45, 7) is 2.74. The molecule has 9 heteroatoms. The highest BCUT2D eigenvalue weighted by Crippen LogP contribution is 2.27. The summed E-state index contributed by atoms with van der Waals surface area (Å²) in [6.07, 6.45) is 3.56. The molecule has 4 heterocycles. The van der Waals surface area contributed by atoms with E-state index in [4.69, 9.17) is 11.6 Å². The highest BCUT2D eigenvalue weighted by Gasteiger charge is 2.25. The number of benzene rings is 1. The average Bonchev–Trinajstić information content (AvgIpc) is 3.41. The quantitative estimate of drug-likeness (QED) is 0.503. The number of carbonyl (C=O) groups is 1. The number of amides is 1. The zero-order valence-corrected chi connectivity index (χ0v) is 17.0. The summed E-state index contributed by atoms with van der Waals surface area (Å²) in [5, 5.41) is 6.02. The maximum atomic E-state index is 12.9. The summed E-state index contributed by atoms with van der Waals surface area (Å²) in [5.41, 5.74) is 2.17. The Morgan fingerprint density at radius 2 is 1.93 bits per heavy atom. The summed E-state index contributed by atoms with van der Waals surface area (Å²) < 4.78 is 1.67. The number of nitrogens with zero attached hydrogens (tertiary/aromatic N) is 6. The Labute approximate surface area is 176 Å². The first-order chi connectivity index (χ1) is 14.2. The van der Waals surface area contributed by atoms with Crippen LogP contribution in [-0.4, -0.2) is 56.7 Å². The van der Waals surface area contributed by atoms with Crippen molar-refractivity contribution in [3.8, 4) is 5.69 Å². The maximum absolute atomic E-state index is 12.9. The van der Waals surface area contributed by atoms with Crippen molar-refractivity contribution in [1.82, 2.24) is 24.6 Å². The second kappa shape index (κ2) is 7.46. The Bertz CT molecular complexity index is 1150. The molecule has 1 amide bonds. The van der Waals surface area contributed by atoms with Gasteiger partial charge in [-0.2, -0.15) is 5.10 Å². The number of anilines is 1. The third-order valence-corrected chi connectivity index (χ3v) is 6.15. The fourth-order valence-corrected chi connectivity index (χ4v) is 4.50. The van der Waals surface area contributed by atoms with Crippen LogP contribution < -0.4 is 4.90 Å². The molecule has 3 aromatic heterocycles. The largest absolute Gasteiger partial charge is 0.344 e. The number of rotatable bonds is 3. The normalized spacial score (nSPS) is 14.5. The van der Waals surface area contributed by atoms with E-state index in [9.17, 15) is 4.79 Å². The molecule has 29 heavy (non-hydrogen) atoms. The number of fused-ring (bicyclic) bond motifs is 1. The molecule has 0 spiro atoms. The zero-order valence-electron chi connectivity index (χ0n) is 15.4. The predicted octanol–water partition coefficient (Wildman–Crippen LogP) is 3.49. The number of hydrogen-bond donors (Lipinski definition) is 0. The molecule has 1 aromatic carbocycles. The number of halogens is 1. The van der Waals surface area contributed by atoms with E-state index in [0.29, 0.717) is 23.8 Å². The van der Waals surface area contributed by atoms with Gasteiger partial charge in [0.1, 0.15) is 10.3 Å². The second-order valence-corrected chi connectivity index (χ2v) is 8.12. The van der Waals surface area contributed by atoms with E-state index in [1.165, 1.54) is 0 Å². The molecule has 0 N–H and O–H groups in total. The van der Waals surface area contributed by atoms with Crippen molar-refractivity contribution >= 4 is 44.3 Å². The number of carbonyl (C=O) groups excluding carboxylic acids is 1. The van der Waals surface area contributed by atoms with Crippen LogP contribution in [0.3, 0.4) is 0 Å². The molecular formula is C20H17ClN6OS. The van der Waals surface area contributed by atoms with E-state index < -0.39 is 0 Å². The van der Waals surface area contributed by atoms with Crippen molar-refractivity contribution in [1.29, 1.82) is 0 Å². The van der Waals surface area contributed by atoms with Gasteiger partial charge in [0.05, 0.1) is 5.69 Å². The first-order valence-corrected chi connectivity index (χ1v) is 10.4. The van der Waals surface area contributed by atoms with E-state index in [-0.39, 0.29) is 5.91 Å². The summed E-state index contributed by atoms with van der Waals surface area (Å²) in [4.78, 5) is 26.9. The van der Waals surface area contributed by atoms with Crippen molar-refractivity contribution in [3.05, 3.63) is 65.6 Å². The average molecular weight is 425 g/mol. The number of thiazole rings is 1. The molecule has 1 saturated heterocycles. The van der Waals surface area contributed by atoms with Crippen LogP contribution in [0.25, 0.3) is 16.0 Å². The molecule has 1 aliphatic rings. The molecule has 0 bridgehead atoms. The molecule has 0 saturated carbocycles. The molecule has 0 unspecified atom stereocenters. The summed E-state index contributed by atoms with van der Waals surface area (Å²) in [7, 11) is 0. The Balaban J connectivity index is 1.26. The van der Waals surface area contributed by atoms with Gasteiger partial charge in [0.15, 0.2) is 10.8 Å². The fraction of sp³-hybridized carbons (Fsp3) is 0.200. The van der Waals surface area contributed by atoms with E-state index >= 15 is 0 Å². The van der Waals surface area contributed by atoms with Gasteiger partial charge < -0.3 is 9.80 Å². The van der Waals surface area contributed by atoms with Gasteiger partial charge in [-0.05, 0) is 36.4 Å². The first-order valence-electron chi connectivity index (χ1n) is 9.25. The molecule has 4 aromatic rings. The predicted molar refractivity (Wildman–Crippen MR) is 114 cm³/mol. The lowest BCUT2D eigenvalue weighted by Crippen LogP contribution is -2.48. The first kappa shape index (κ1) is 18.1. The Morgan fingerprint density at radius 1 is 1.07 bits per heavy atom. The molecule has 0 radical (unpaired) electrons. The van der Waals surface area contributed by atoms with Crippen molar-refractivity contribution in [2.45, 2.75) is 0 Å². The van der Waals surface area contributed by atoms with Gasteiger partial charge in [0.25, 0.3) is 5.91 Å². The molecule has 0 aliphatic carbocycles. The van der Waals surface area contributed by atoms with Crippen LogP contribution in [0.2, 0.25) is 5.02 Å². The summed E-state index contributed by atoms with van der Waals surface area (Å²) in [6, 6.07) is 13.0. The van der Waals surface area contributed by atoms with E-state index in [1.54, 1.807) is 34.5 Å². The third kappa shape index (κ3) is 3.56. The van der Waals surface area contributed by atoms with Gasteiger partial charge in [0, 0.05) is 43.6 Å². The number of pyridine rings is 1. The van der Waals surface area contributed by atoms with E-state index in [1.807, 2.05) is 41.3 Å². The minimum absolute atomic E-state index is 0.0589. The molecule has 7 nitrogen and oxygen atoms in total. The highest BCUT2D eigenvalue weighted by molar-refractivity contribution is 7.21. The van der Waals surface area contributed by atoms with Crippen LogP contribution in [0.5, 0.6) is 0 Å². The Hall–Kier alpha value is -2.97. The smallest absolute Gasteiger partial charge is 0.274 e. The van der Waals surface area contributed by atoms with Crippen LogP contribution in [0.1, 0.15) is 10.5 Å². The summed E-state index contributed by atoms with van der Waals surface area (Å²) >= 11 is 7.63. The maximum Gasteiger partial charge on any atom is 0.274 e. The van der Waals surface area contributed by atoms with Crippen LogP contribution in [-0.2, 0) is 0 Å². The van der Waals surface area contributed by atoms with Gasteiger partial charge >= 0.3 is 0 Å². The molecule has 146 valence electrons. The lowest BCUT2D eigenvalue weighted by Gasteiger charge is -2.34. The second-order valence-electron chi connectivity index (χ2n) is 6.73. The lowest BCUT2D eigenvalue weighted by molar-refractivity contribution is 0.0740. The minimum atomic E-state index is -0.0589. The van der Waals surface area contributed by atoms with E-state index in [2.05, 4.69) is 20.0 Å². The number of aromatic nitrogens is 4. The van der Waals surface area contributed by atoms with Crippen molar-refractivity contribution in [2.24, 2.45) is 0 Å². The highest BCUT2D eigenvalue weighted by atomic mass is 35.5. The topological polar surface area (TPSA) is 67.2 Å². The van der Waals surface area contributed by atoms with Crippen LogP contribution in [0, 0.1) is 0 Å². The van der Waals surface area contributed by atoms with Gasteiger partial charge in [-0.25, -0.2) is 14.6 Å². The minimum Gasteiger partial charge on any atom is -0.344 e. The molecule has 1 aliphatic heterocycles. The van der Waals surface area contributed by atoms with Crippen LogP contribution >= 0.6 is 22.9 Å². The Morgan fingerprint density at radius 3 is 2.72 bits per heavy atom. The molecule has 1 fully saturated rings. The van der Waals surface area contributed by atoms with Crippen LogP contribution in [0.4, 0.5) is 5.13 Å². The Kier molecular flexibility index (Phi) is 4.65. The van der Waals surface area contributed by atoms with Crippen molar-refractivity contribution in [3.63, 3.8) is 0 Å². The SMILES string of the molecule is O=C(c1ccn(-c2cccc(Cl)c2)n1)N1CCN(c2nc3cccnc3s2)CC1. The van der Waals surface area contributed by atoms with Crippen molar-refractivity contribution in [2.75, 3.05) is 31.1 Å². The van der Waals surface area contributed by atoms with Gasteiger partial charge in [-0.1, -0.05) is 29.0 Å². The van der Waals surface area contributed by atoms with E-state index in [0.717, 1.165) is 34.3 Å².